The first-order chi connectivity index (χ1) is 7.49. The number of piperazine rings is 1. The first kappa shape index (κ1) is 11.2. The third-order valence-corrected chi connectivity index (χ3v) is 2.95. The topological polar surface area (TPSA) is 45.5 Å². The van der Waals surface area contributed by atoms with Crippen LogP contribution in [0.3, 0.4) is 0 Å². The van der Waals surface area contributed by atoms with Gasteiger partial charge < -0.3 is 14.6 Å². The number of aryl methyl sites for hydroxylation is 1. The molecule has 2 heterocycles. The molecule has 4 heteroatoms. The molecule has 0 bridgehead atoms. The average Bonchev–Trinajstić information content (AvgIpc) is 2.62. The SMILES string of the molecule is Cc1occc1C(=O)N1CCNC(C)(C)C1. The van der Waals surface area contributed by atoms with Crippen LogP contribution in [0.2, 0.25) is 0 Å². The van der Waals surface area contributed by atoms with Crippen LogP contribution < -0.4 is 5.32 Å². The van der Waals surface area contributed by atoms with Gasteiger partial charge in [-0.15, -0.1) is 0 Å². The zero-order chi connectivity index (χ0) is 11.8. The van der Waals surface area contributed by atoms with Crippen molar-refractivity contribution in [2.75, 3.05) is 19.6 Å². The number of rotatable bonds is 1. The van der Waals surface area contributed by atoms with Gasteiger partial charge in [0.2, 0.25) is 0 Å². The summed E-state index contributed by atoms with van der Waals surface area (Å²) in [5.41, 5.74) is 0.670. The quantitative estimate of drug-likeness (QED) is 0.781. The first-order valence-electron chi connectivity index (χ1n) is 5.58. The molecular formula is C12H18N2O2. The van der Waals surface area contributed by atoms with Gasteiger partial charge in [0, 0.05) is 25.2 Å². The molecule has 1 saturated heterocycles. The summed E-state index contributed by atoms with van der Waals surface area (Å²) in [6, 6.07) is 1.74. The predicted octanol–water partition coefficient (Wildman–Crippen LogP) is 1.41. The van der Waals surface area contributed by atoms with Crippen molar-refractivity contribution in [3.8, 4) is 0 Å². The normalized spacial score (nSPS) is 19.8. The van der Waals surface area contributed by atoms with E-state index < -0.39 is 0 Å². The van der Waals surface area contributed by atoms with Crippen molar-refractivity contribution in [2.24, 2.45) is 0 Å². The summed E-state index contributed by atoms with van der Waals surface area (Å²) in [4.78, 5) is 14.1. The van der Waals surface area contributed by atoms with Gasteiger partial charge in [-0.1, -0.05) is 0 Å². The second kappa shape index (κ2) is 3.94. The highest BCUT2D eigenvalue weighted by Crippen LogP contribution is 2.16. The fourth-order valence-corrected chi connectivity index (χ4v) is 2.09. The van der Waals surface area contributed by atoms with Gasteiger partial charge in [0.1, 0.15) is 5.76 Å². The number of nitrogens with zero attached hydrogens (tertiary/aromatic N) is 1. The highest BCUT2D eigenvalue weighted by atomic mass is 16.3. The van der Waals surface area contributed by atoms with Gasteiger partial charge in [-0.05, 0) is 26.8 Å². The van der Waals surface area contributed by atoms with Crippen LogP contribution in [0.25, 0.3) is 0 Å². The van der Waals surface area contributed by atoms with E-state index in [0.717, 1.165) is 19.6 Å². The lowest BCUT2D eigenvalue weighted by Crippen LogP contribution is -2.58. The highest BCUT2D eigenvalue weighted by molar-refractivity contribution is 5.95. The van der Waals surface area contributed by atoms with E-state index in [1.807, 2.05) is 11.8 Å². The summed E-state index contributed by atoms with van der Waals surface area (Å²) in [6.45, 7) is 8.36. The molecule has 1 aromatic heterocycles. The Kier molecular flexibility index (Phi) is 2.76. The smallest absolute Gasteiger partial charge is 0.257 e. The molecule has 1 aliphatic heterocycles. The molecule has 0 radical (unpaired) electrons. The molecule has 1 aliphatic rings. The molecule has 1 amide bonds. The lowest BCUT2D eigenvalue weighted by Gasteiger charge is -2.39. The third-order valence-electron chi connectivity index (χ3n) is 2.95. The highest BCUT2D eigenvalue weighted by Gasteiger charge is 2.29. The van der Waals surface area contributed by atoms with Gasteiger partial charge >= 0.3 is 0 Å². The van der Waals surface area contributed by atoms with Crippen LogP contribution in [0.5, 0.6) is 0 Å². The molecule has 0 spiro atoms. The summed E-state index contributed by atoms with van der Waals surface area (Å²) in [6.07, 6.45) is 1.57. The molecule has 0 aromatic carbocycles. The summed E-state index contributed by atoms with van der Waals surface area (Å²) >= 11 is 0. The van der Waals surface area contributed by atoms with Crippen molar-refractivity contribution < 1.29 is 9.21 Å². The molecule has 88 valence electrons. The maximum absolute atomic E-state index is 12.2. The van der Waals surface area contributed by atoms with E-state index >= 15 is 0 Å². The number of carbonyl (C=O) groups is 1. The Bertz CT molecular complexity index is 395. The van der Waals surface area contributed by atoms with E-state index in [1.165, 1.54) is 0 Å². The standard InChI is InChI=1S/C12H18N2O2/c1-9-10(4-7-16-9)11(15)14-6-5-13-12(2,3)8-14/h4,7,13H,5-6,8H2,1-3H3. The number of carbonyl (C=O) groups excluding carboxylic acids is 1. The van der Waals surface area contributed by atoms with Gasteiger partial charge in [0.15, 0.2) is 0 Å². The number of amides is 1. The summed E-state index contributed by atoms with van der Waals surface area (Å²) < 4.78 is 5.17. The number of nitrogens with one attached hydrogen (secondary N) is 1. The Balaban J connectivity index is 2.14. The maximum atomic E-state index is 12.2. The molecule has 16 heavy (non-hydrogen) atoms. The van der Waals surface area contributed by atoms with E-state index in [-0.39, 0.29) is 11.4 Å². The average molecular weight is 222 g/mol. The van der Waals surface area contributed by atoms with Gasteiger partial charge in [0.25, 0.3) is 5.91 Å². The minimum atomic E-state index is -0.00838. The number of furan rings is 1. The van der Waals surface area contributed by atoms with Crippen molar-refractivity contribution >= 4 is 5.91 Å². The second-order valence-corrected chi connectivity index (χ2v) is 4.93. The Morgan fingerprint density at radius 3 is 2.88 bits per heavy atom. The molecule has 0 saturated carbocycles. The second-order valence-electron chi connectivity index (χ2n) is 4.93. The fraction of sp³-hybridized carbons (Fsp3) is 0.583. The van der Waals surface area contributed by atoms with Crippen molar-refractivity contribution in [3.05, 3.63) is 23.7 Å². The monoisotopic (exact) mass is 222 g/mol. The van der Waals surface area contributed by atoms with E-state index in [1.54, 1.807) is 12.3 Å². The van der Waals surface area contributed by atoms with Crippen LogP contribution in [-0.4, -0.2) is 36.0 Å². The lowest BCUT2D eigenvalue weighted by molar-refractivity contribution is 0.0650. The fourth-order valence-electron chi connectivity index (χ4n) is 2.09. The summed E-state index contributed by atoms with van der Waals surface area (Å²) in [7, 11) is 0. The number of hydrogen-bond donors (Lipinski definition) is 1. The van der Waals surface area contributed by atoms with Crippen molar-refractivity contribution in [2.45, 2.75) is 26.3 Å². The molecule has 4 nitrogen and oxygen atoms in total. The summed E-state index contributed by atoms with van der Waals surface area (Å²) in [5.74, 6) is 0.766. The minimum absolute atomic E-state index is 0.00838. The van der Waals surface area contributed by atoms with Gasteiger partial charge in [0.05, 0.1) is 11.8 Å². The van der Waals surface area contributed by atoms with Crippen LogP contribution in [0, 0.1) is 6.92 Å². The van der Waals surface area contributed by atoms with Crippen molar-refractivity contribution in [3.63, 3.8) is 0 Å². The Morgan fingerprint density at radius 1 is 1.56 bits per heavy atom. The van der Waals surface area contributed by atoms with E-state index in [2.05, 4.69) is 19.2 Å². The summed E-state index contributed by atoms with van der Waals surface area (Å²) in [5, 5.41) is 3.39. The molecule has 1 aromatic rings. The van der Waals surface area contributed by atoms with E-state index in [4.69, 9.17) is 4.42 Å². The zero-order valence-corrected chi connectivity index (χ0v) is 10.0. The van der Waals surface area contributed by atoms with E-state index in [0.29, 0.717) is 11.3 Å². The Morgan fingerprint density at radius 2 is 2.31 bits per heavy atom. The van der Waals surface area contributed by atoms with Crippen LogP contribution in [-0.2, 0) is 0 Å². The minimum Gasteiger partial charge on any atom is -0.469 e. The Labute approximate surface area is 95.6 Å². The van der Waals surface area contributed by atoms with Crippen molar-refractivity contribution in [1.29, 1.82) is 0 Å². The van der Waals surface area contributed by atoms with Crippen LogP contribution in [0.15, 0.2) is 16.7 Å². The van der Waals surface area contributed by atoms with Gasteiger partial charge in [-0.2, -0.15) is 0 Å². The molecular weight excluding hydrogens is 204 g/mol. The molecule has 1 fully saturated rings. The molecule has 0 aliphatic carbocycles. The molecule has 0 unspecified atom stereocenters. The molecule has 1 N–H and O–H groups in total. The maximum Gasteiger partial charge on any atom is 0.257 e. The molecule has 0 atom stereocenters. The van der Waals surface area contributed by atoms with Crippen LogP contribution in [0.4, 0.5) is 0 Å². The van der Waals surface area contributed by atoms with Crippen molar-refractivity contribution in [1.82, 2.24) is 10.2 Å². The zero-order valence-electron chi connectivity index (χ0n) is 10.0. The largest absolute Gasteiger partial charge is 0.469 e. The third kappa shape index (κ3) is 2.11. The van der Waals surface area contributed by atoms with Crippen LogP contribution >= 0.6 is 0 Å². The Hall–Kier alpha value is -1.29. The first-order valence-corrected chi connectivity index (χ1v) is 5.58. The van der Waals surface area contributed by atoms with Crippen LogP contribution in [0.1, 0.15) is 30.0 Å². The number of hydrogen-bond acceptors (Lipinski definition) is 3. The predicted molar refractivity (Wildman–Crippen MR) is 61.4 cm³/mol. The van der Waals surface area contributed by atoms with Gasteiger partial charge in [-0.25, -0.2) is 0 Å². The molecule has 2 rings (SSSR count). The lowest BCUT2D eigenvalue weighted by atomic mass is 10.0. The van der Waals surface area contributed by atoms with E-state index in [9.17, 15) is 4.79 Å². The van der Waals surface area contributed by atoms with Gasteiger partial charge in [-0.3, -0.25) is 4.79 Å².